The van der Waals surface area contributed by atoms with Gasteiger partial charge >= 0.3 is 0 Å². The van der Waals surface area contributed by atoms with E-state index in [1.807, 2.05) is 30.4 Å². The van der Waals surface area contributed by atoms with E-state index in [4.69, 9.17) is 9.73 Å². The Morgan fingerprint density at radius 3 is 2.95 bits per heavy atom. The summed E-state index contributed by atoms with van der Waals surface area (Å²) in [6.45, 7) is 0. The fourth-order valence-electron chi connectivity index (χ4n) is 2.60. The van der Waals surface area contributed by atoms with Crippen LogP contribution in [0.5, 0.6) is 5.75 Å². The molecule has 19 heavy (non-hydrogen) atoms. The molecule has 0 spiro atoms. The highest BCUT2D eigenvalue weighted by Gasteiger charge is 2.25. The zero-order valence-corrected chi connectivity index (χ0v) is 10.9. The SMILES string of the molecule is COc1ccc2c(c1)N=C(C1C=CC=CC1)CC2O. The molecule has 0 bridgehead atoms. The number of allylic oxidation sites excluding steroid dienone is 4. The first-order chi connectivity index (χ1) is 9.28. The molecule has 0 aromatic heterocycles. The van der Waals surface area contributed by atoms with E-state index in [1.54, 1.807) is 7.11 Å². The average Bonchev–Trinajstić information content (AvgIpc) is 2.47. The van der Waals surface area contributed by atoms with Crippen LogP contribution in [0.3, 0.4) is 0 Å². The number of fused-ring (bicyclic) bond motifs is 1. The fourth-order valence-corrected chi connectivity index (χ4v) is 2.60. The molecule has 0 radical (unpaired) electrons. The van der Waals surface area contributed by atoms with Crippen molar-refractivity contribution in [3.63, 3.8) is 0 Å². The van der Waals surface area contributed by atoms with Gasteiger partial charge in [-0.15, -0.1) is 0 Å². The van der Waals surface area contributed by atoms with E-state index in [0.29, 0.717) is 12.3 Å². The Hall–Kier alpha value is -1.87. The minimum atomic E-state index is -0.465. The van der Waals surface area contributed by atoms with Crippen molar-refractivity contribution in [3.05, 3.63) is 48.1 Å². The van der Waals surface area contributed by atoms with Crippen LogP contribution in [0.15, 0.2) is 47.5 Å². The number of aliphatic hydroxyl groups excluding tert-OH is 1. The van der Waals surface area contributed by atoms with Gasteiger partial charge in [0.1, 0.15) is 5.75 Å². The molecule has 0 amide bonds. The van der Waals surface area contributed by atoms with E-state index in [2.05, 4.69) is 12.2 Å². The van der Waals surface area contributed by atoms with Crippen molar-refractivity contribution in [2.45, 2.75) is 18.9 Å². The van der Waals surface area contributed by atoms with Crippen LogP contribution in [0.2, 0.25) is 0 Å². The summed E-state index contributed by atoms with van der Waals surface area (Å²) in [5.74, 6) is 1.08. The van der Waals surface area contributed by atoms with Crippen LogP contribution in [-0.2, 0) is 0 Å². The van der Waals surface area contributed by atoms with Gasteiger partial charge < -0.3 is 9.84 Å². The maximum atomic E-state index is 10.3. The molecule has 98 valence electrons. The predicted molar refractivity (Wildman–Crippen MR) is 76.1 cm³/mol. The number of aliphatic hydroxyl groups is 1. The van der Waals surface area contributed by atoms with Crippen LogP contribution in [0.25, 0.3) is 0 Å². The van der Waals surface area contributed by atoms with Crippen molar-refractivity contribution in [2.75, 3.05) is 7.11 Å². The number of ether oxygens (including phenoxy) is 1. The summed E-state index contributed by atoms with van der Waals surface area (Å²) in [5, 5.41) is 10.3. The zero-order chi connectivity index (χ0) is 13.2. The number of benzene rings is 1. The third-order valence-electron chi connectivity index (χ3n) is 3.67. The third kappa shape index (κ3) is 2.34. The Kier molecular flexibility index (Phi) is 3.22. The van der Waals surface area contributed by atoms with Crippen LogP contribution >= 0.6 is 0 Å². The Bertz CT molecular complexity index is 572. The van der Waals surface area contributed by atoms with E-state index in [-0.39, 0.29) is 0 Å². The van der Waals surface area contributed by atoms with E-state index < -0.39 is 6.10 Å². The first-order valence-corrected chi connectivity index (χ1v) is 6.54. The van der Waals surface area contributed by atoms with Gasteiger partial charge in [0.25, 0.3) is 0 Å². The molecule has 0 fully saturated rings. The first-order valence-electron chi connectivity index (χ1n) is 6.54. The second-order valence-corrected chi connectivity index (χ2v) is 4.90. The maximum Gasteiger partial charge on any atom is 0.121 e. The molecule has 1 aliphatic heterocycles. The molecule has 3 nitrogen and oxygen atoms in total. The normalized spacial score (nSPS) is 24.8. The lowest BCUT2D eigenvalue weighted by atomic mass is 9.88. The second-order valence-electron chi connectivity index (χ2n) is 4.90. The van der Waals surface area contributed by atoms with Crippen molar-refractivity contribution in [1.29, 1.82) is 0 Å². The third-order valence-corrected chi connectivity index (χ3v) is 3.67. The summed E-state index contributed by atoms with van der Waals surface area (Å²) in [4.78, 5) is 4.72. The van der Waals surface area contributed by atoms with Crippen molar-refractivity contribution >= 4 is 11.4 Å². The number of aliphatic imine (C=N–C) groups is 1. The summed E-state index contributed by atoms with van der Waals surface area (Å²) in [7, 11) is 1.64. The minimum Gasteiger partial charge on any atom is -0.497 e. The molecule has 1 aliphatic carbocycles. The van der Waals surface area contributed by atoms with E-state index in [0.717, 1.165) is 29.1 Å². The molecule has 0 saturated carbocycles. The molecule has 1 aromatic carbocycles. The van der Waals surface area contributed by atoms with Crippen LogP contribution < -0.4 is 4.74 Å². The number of rotatable bonds is 2. The standard InChI is InChI=1S/C16H17NO2/c1-19-12-7-8-13-15(9-12)17-14(10-16(13)18)11-5-3-2-4-6-11/h2-5,7-9,11,16,18H,6,10H2,1H3. The second kappa shape index (κ2) is 5.02. The highest BCUT2D eigenvalue weighted by atomic mass is 16.5. The molecular weight excluding hydrogens is 238 g/mol. The van der Waals surface area contributed by atoms with E-state index in [1.165, 1.54) is 0 Å². The lowest BCUT2D eigenvalue weighted by Crippen LogP contribution is -2.19. The number of nitrogens with zero attached hydrogens (tertiary/aromatic N) is 1. The van der Waals surface area contributed by atoms with Crippen molar-refractivity contribution < 1.29 is 9.84 Å². The fraction of sp³-hybridized carbons (Fsp3) is 0.312. The average molecular weight is 255 g/mol. The van der Waals surface area contributed by atoms with E-state index in [9.17, 15) is 5.11 Å². The monoisotopic (exact) mass is 255 g/mol. The summed E-state index contributed by atoms with van der Waals surface area (Å²) < 4.78 is 5.22. The van der Waals surface area contributed by atoms with Gasteiger partial charge in [-0.1, -0.05) is 30.4 Å². The zero-order valence-electron chi connectivity index (χ0n) is 10.9. The van der Waals surface area contributed by atoms with Crippen molar-refractivity contribution in [3.8, 4) is 5.75 Å². The summed E-state index contributed by atoms with van der Waals surface area (Å²) in [6.07, 6.45) is 9.49. The highest BCUT2D eigenvalue weighted by molar-refractivity contribution is 5.93. The Labute approximate surface area is 112 Å². The van der Waals surface area contributed by atoms with Crippen LogP contribution in [0, 0.1) is 5.92 Å². The summed E-state index contributed by atoms with van der Waals surface area (Å²) in [5.41, 5.74) is 2.77. The minimum absolute atomic E-state index is 0.305. The van der Waals surface area contributed by atoms with Gasteiger partial charge in [-0.05, 0) is 12.5 Å². The van der Waals surface area contributed by atoms with Gasteiger partial charge in [0.2, 0.25) is 0 Å². The van der Waals surface area contributed by atoms with Gasteiger partial charge in [-0.3, -0.25) is 4.99 Å². The molecular formula is C16H17NO2. The van der Waals surface area contributed by atoms with Gasteiger partial charge in [0.05, 0.1) is 18.9 Å². The molecule has 2 atom stereocenters. The number of methoxy groups -OCH3 is 1. The molecule has 2 aliphatic rings. The molecule has 0 saturated heterocycles. The summed E-state index contributed by atoms with van der Waals surface area (Å²) >= 11 is 0. The van der Waals surface area contributed by atoms with Gasteiger partial charge in [-0.2, -0.15) is 0 Å². The Balaban J connectivity index is 1.97. The van der Waals surface area contributed by atoms with Gasteiger partial charge in [-0.25, -0.2) is 0 Å². The Morgan fingerprint density at radius 2 is 2.21 bits per heavy atom. The first kappa shape index (κ1) is 12.2. The van der Waals surface area contributed by atoms with Crippen LogP contribution in [-0.4, -0.2) is 17.9 Å². The van der Waals surface area contributed by atoms with Gasteiger partial charge in [0, 0.05) is 29.7 Å². The van der Waals surface area contributed by atoms with Crippen molar-refractivity contribution in [1.82, 2.24) is 0 Å². The lowest BCUT2D eigenvalue weighted by molar-refractivity contribution is 0.184. The predicted octanol–water partition coefficient (Wildman–Crippen LogP) is 3.34. The van der Waals surface area contributed by atoms with Gasteiger partial charge in [0.15, 0.2) is 0 Å². The molecule has 3 rings (SSSR count). The van der Waals surface area contributed by atoms with Crippen LogP contribution in [0.1, 0.15) is 24.5 Å². The van der Waals surface area contributed by atoms with Crippen molar-refractivity contribution in [2.24, 2.45) is 10.9 Å². The Morgan fingerprint density at radius 1 is 1.32 bits per heavy atom. The van der Waals surface area contributed by atoms with E-state index >= 15 is 0 Å². The molecule has 1 N–H and O–H groups in total. The smallest absolute Gasteiger partial charge is 0.121 e. The highest BCUT2D eigenvalue weighted by Crippen LogP contribution is 2.37. The summed E-state index contributed by atoms with van der Waals surface area (Å²) in [6, 6.07) is 5.65. The van der Waals surface area contributed by atoms with Crippen LogP contribution in [0.4, 0.5) is 5.69 Å². The maximum absolute atomic E-state index is 10.3. The largest absolute Gasteiger partial charge is 0.497 e. The lowest BCUT2D eigenvalue weighted by Gasteiger charge is -2.25. The quantitative estimate of drug-likeness (QED) is 0.880. The number of hydrogen-bond acceptors (Lipinski definition) is 3. The molecule has 1 aromatic rings. The molecule has 3 heteroatoms. The molecule has 1 heterocycles. The molecule has 2 unspecified atom stereocenters. The topological polar surface area (TPSA) is 41.8 Å². The number of hydrogen-bond donors (Lipinski definition) is 1.